The third-order valence-corrected chi connectivity index (χ3v) is 2.72. The maximum Gasteiger partial charge on any atom is 0.134 e. The van der Waals surface area contributed by atoms with Gasteiger partial charge in [0.2, 0.25) is 0 Å². The molecule has 0 saturated carbocycles. The fraction of sp³-hybridized carbons (Fsp3) is 0.417. The van der Waals surface area contributed by atoms with Crippen LogP contribution in [0.5, 0.6) is 5.75 Å². The number of hydrogen-bond donors (Lipinski definition) is 1. The quantitative estimate of drug-likeness (QED) is 0.648. The molecule has 0 fully saturated rings. The van der Waals surface area contributed by atoms with Crippen molar-refractivity contribution in [2.45, 2.75) is 20.3 Å². The van der Waals surface area contributed by atoms with Gasteiger partial charge in [-0.3, -0.25) is 0 Å². The number of phenolic OH excluding ortho intramolecular Hbond substituents is 1. The lowest BCUT2D eigenvalue weighted by Crippen LogP contribution is -2.14. The molecule has 0 saturated heterocycles. The average molecular weight is 241 g/mol. The molecule has 88 valence electrons. The van der Waals surface area contributed by atoms with E-state index in [1.165, 1.54) is 0 Å². The molecule has 16 heavy (non-hydrogen) atoms. The molecule has 1 N–H and O–H groups in total. The molecule has 0 aliphatic carbocycles. The first-order valence-electron chi connectivity index (χ1n) is 5.34. The van der Waals surface area contributed by atoms with E-state index in [0.717, 1.165) is 24.2 Å². The van der Waals surface area contributed by atoms with Gasteiger partial charge >= 0.3 is 0 Å². The molecule has 0 aliphatic rings. The van der Waals surface area contributed by atoms with Crippen molar-refractivity contribution in [1.29, 1.82) is 0 Å². The van der Waals surface area contributed by atoms with Crippen molar-refractivity contribution in [2.24, 2.45) is 4.99 Å². The summed E-state index contributed by atoms with van der Waals surface area (Å²) in [6.45, 7) is 4.97. The summed E-state index contributed by atoms with van der Waals surface area (Å²) in [7, 11) is 1.96. The fourth-order valence-corrected chi connectivity index (χ4v) is 1.40. The second-order valence-corrected chi connectivity index (χ2v) is 4.01. The number of aryl methyl sites for hydroxylation is 1. The predicted molar refractivity (Wildman–Crippen MR) is 69.0 cm³/mol. The molecule has 0 bridgehead atoms. The highest BCUT2D eigenvalue weighted by molar-refractivity contribution is 6.32. The average Bonchev–Trinajstić information content (AvgIpc) is 2.29. The largest absolute Gasteiger partial charge is 0.506 e. The summed E-state index contributed by atoms with van der Waals surface area (Å²) in [6.07, 6.45) is 2.58. The van der Waals surface area contributed by atoms with Crippen molar-refractivity contribution < 1.29 is 5.11 Å². The molecule has 0 atom stereocenters. The summed E-state index contributed by atoms with van der Waals surface area (Å²) < 4.78 is 0. The number of halogens is 1. The van der Waals surface area contributed by atoms with E-state index >= 15 is 0 Å². The SMILES string of the molecule is CCc1cc(O)c(Cl)cc1N=CN(C)CC. The molecule has 0 aromatic heterocycles. The molecule has 0 heterocycles. The predicted octanol–water partition coefficient (Wildman–Crippen LogP) is 3.22. The zero-order chi connectivity index (χ0) is 12.1. The molecule has 1 aromatic rings. The summed E-state index contributed by atoms with van der Waals surface area (Å²) in [5.41, 5.74) is 1.80. The van der Waals surface area contributed by atoms with E-state index in [0.29, 0.717) is 5.02 Å². The standard InChI is InChI=1S/C12H17ClN2O/c1-4-9-6-12(16)10(13)7-11(9)14-8-15(3)5-2/h6-8,16H,4-5H2,1-3H3. The maximum atomic E-state index is 9.48. The minimum atomic E-state index is 0.112. The van der Waals surface area contributed by atoms with Crippen molar-refractivity contribution in [1.82, 2.24) is 4.90 Å². The minimum Gasteiger partial charge on any atom is -0.506 e. The van der Waals surface area contributed by atoms with Crippen molar-refractivity contribution in [3.8, 4) is 5.75 Å². The van der Waals surface area contributed by atoms with Crippen LogP contribution in [0.1, 0.15) is 19.4 Å². The van der Waals surface area contributed by atoms with E-state index in [1.807, 2.05) is 18.9 Å². The Kier molecular flexibility index (Phi) is 4.62. The van der Waals surface area contributed by atoms with Gasteiger partial charge in [-0.05, 0) is 31.0 Å². The van der Waals surface area contributed by atoms with Crippen LogP contribution in [0.4, 0.5) is 5.69 Å². The first-order valence-corrected chi connectivity index (χ1v) is 5.72. The second kappa shape index (κ2) is 5.75. The van der Waals surface area contributed by atoms with Gasteiger partial charge in [-0.25, -0.2) is 4.99 Å². The van der Waals surface area contributed by atoms with Crippen LogP contribution in [-0.4, -0.2) is 29.9 Å². The van der Waals surface area contributed by atoms with Crippen LogP contribution in [0.15, 0.2) is 17.1 Å². The molecule has 0 aliphatic heterocycles. The van der Waals surface area contributed by atoms with Gasteiger partial charge in [0.25, 0.3) is 0 Å². The first kappa shape index (κ1) is 12.8. The van der Waals surface area contributed by atoms with E-state index in [9.17, 15) is 5.11 Å². The van der Waals surface area contributed by atoms with Crippen LogP contribution in [0.25, 0.3) is 0 Å². The molecule has 0 amide bonds. The third kappa shape index (κ3) is 3.14. The van der Waals surface area contributed by atoms with Crippen LogP contribution in [0.2, 0.25) is 5.02 Å². The van der Waals surface area contributed by atoms with Crippen molar-refractivity contribution in [2.75, 3.05) is 13.6 Å². The van der Waals surface area contributed by atoms with Gasteiger partial charge in [-0.2, -0.15) is 0 Å². The van der Waals surface area contributed by atoms with Crippen LogP contribution in [0, 0.1) is 0 Å². The lowest BCUT2D eigenvalue weighted by Gasteiger charge is -2.10. The molecular weight excluding hydrogens is 224 g/mol. The molecule has 4 heteroatoms. The van der Waals surface area contributed by atoms with Crippen molar-refractivity contribution in [3.05, 3.63) is 22.7 Å². The summed E-state index contributed by atoms with van der Waals surface area (Å²) in [6, 6.07) is 3.36. The lowest BCUT2D eigenvalue weighted by molar-refractivity contribution is 0.475. The highest BCUT2D eigenvalue weighted by Crippen LogP contribution is 2.31. The number of phenols is 1. The Morgan fingerprint density at radius 2 is 2.12 bits per heavy atom. The van der Waals surface area contributed by atoms with Crippen LogP contribution < -0.4 is 0 Å². The van der Waals surface area contributed by atoms with Gasteiger partial charge in [0.15, 0.2) is 0 Å². The van der Waals surface area contributed by atoms with E-state index < -0.39 is 0 Å². The lowest BCUT2D eigenvalue weighted by atomic mass is 10.1. The molecule has 1 rings (SSSR count). The molecule has 0 spiro atoms. The van der Waals surface area contributed by atoms with Gasteiger partial charge in [0.1, 0.15) is 5.75 Å². The molecule has 0 unspecified atom stereocenters. The van der Waals surface area contributed by atoms with E-state index in [4.69, 9.17) is 11.6 Å². The Hall–Kier alpha value is -1.22. The fourth-order valence-electron chi connectivity index (χ4n) is 1.24. The monoisotopic (exact) mass is 240 g/mol. The van der Waals surface area contributed by atoms with Gasteiger partial charge < -0.3 is 10.0 Å². The van der Waals surface area contributed by atoms with Gasteiger partial charge in [0, 0.05) is 13.6 Å². The smallest absolute Gasteiger partial charge is 0.134 e. The molecule has 0 radical (unpaired) electrons. The Morgan fingerprint density at radius 1 is 1.44 bits per heavy atom. The summed E-state index contributed by atoms with van der Waals surface area (Å²) in [5, 5.41) is 9.82. The minimum absolute atomic E-state index is 0.112. The Balaban J connectivity index is 3.03. The molecule has 3 nitrogen and oxygen atoms in total. The van der Waals surface area contributed by atoms with E-state index in [-0.39, 0.29) is 5.75 Å². The number of nitrogens with zero attached hydrogens (tertiary/aromatic N) is 2. The summed E-state index contributed by atoms with van der Waals surface area (Å²) in [4.78, 5) is 6.33. The summed E-state index contributed by atoms with van der Waals surface area (Å²) >= 11 is 5.85. The zero-order valence-corrected chi connectivity index (χ0v) is 10.6. The van der Waals surface area contributed by atoms with Crippen LogP contribution in [-0.2, 0) is 6.42 Å². The first-order chi connectivity index (χ1) is 7.58. The summed E-state index contributed by atoms with van der Waals surface area (Å²) in [5.74, 6) is 0.112. The van der Waals surface area contributed by atoms with E-state index in [2.05, 4.69) is 11.9 Å². The number of aromatic hydroxyl groups is 1. The molecular formula is C12H17ClN2O. The van der Waals surface area contributed by atoms with E-state index in [1.54, 1.807) is 18.5 Å². The number of hydrogen-bond acceptors (Lipinski definition) is 2. The van der Waals surface area contributed by atoms with Crippen LogP contribution >= 0.6 is 11.6 Å². The topological polar surface area (TPSA) is 35.8 Å². The Morgan fingerprint density at radius 3 is 2.69 bits per heavy atom. The normalized spacial score (nSPS) is 11.0. The number of aliphatic imine (C=N–C) groups is 1. The number of rotatable bonds is 4. The highest BCUT2D eigenvalue weighted by atomic mass is 35.5. The Labute approximate surface area is 101 Å². The van der Waals surface area contributed by atoms with Gasteiger partial charge in [-0.15, -0.1) is 0 Å². The highest BCUT2D eigenvalue weighted by Gasteiger charge is 2.05. The van der Waals surface area contributed by atoms with Crippen molar-refractivity contribution >= 4 is 23.6 Å². The van der Waals surface area contributed by atoms with Gasteiger partial charge in [0.05, 0.1) is 17.0 Å². The van der Waals surface area contributed by atoms with Crippen molar-refractivity contribution in [3.63, 3.8) is 0 Å². The second-order valence-electron chi connectivity index (χ2n) is 3.60. The maximum absolute atomic E-state index is 9.48. The zero-order valence-electron chi connectivity index (χ0n) is 9.87. The number of benzene rings is 1. The van der Waals surface area contributed by atoms with Crippen LogP contribution in [0.3, 0.4) is 0 Å². The Bertz CT molecular complexity index is 391. The molecule has 1 aromatic carbocycles. The van der Waals surface area contributed by atoms with Gasteiger partial charge in [-0.1, -0.05) is 18.5 Å². The third-order valence-electron chi connectivity index (χ3n) is 2.42.